The number of anilines is 1. The van der Waals surface area contributed by atoms with E-state index in [0.29, 0.717) is 10.9 Å². The lowest BCUT2D eigenvalue weighted by atomic mass is 10.1. The van der Waals surface area contributed by atoms with E-state index in [1.165, 1.54) is 157 Å². The van der Waals surface area contributed by atoms with E-state index in [4.69, 9.17) is 20.0 Å². The molecule has 10 nitrogen and oxygen atoms in total. The summed E-state index contributed by atoms with van der Waals surface area (Å²) in [6.45, 7) is 17.0. The molecule has 60 heavy (non-hydrogen) atoms. The lowest BCUT2D eigenvalue weighted by Crippen LogP contribution is -2.26. The molecule has 0 bridgehead atoms. The van der Waals surface area contributed by atoms with Crippen LogP contribution < -0.4 is 5.73 Å². The Kier molecular flexibility index (Phi) is 31.9. The molecule has 0 aliphatic heterocycles. The summed E-state index contributed by atoms with van der Waals surface area (Å²) in [4.78, 5) is 48.9. The summed E-state index contributed by atoms with van der Waals surface area (Å²) in [6, 6.07) is 7.60. The van der Waals surface area contributed by atoms with E-state index in [1.807, 2.05) is 30.3 Å². The Balaban J connectivity index is 0.000000496. The Morgan fingerprint density at radius 1 is 0.800 bits per heavy atom. The number of oxime groups is 1. The maximum atomic E-state index is 12.8. The Bertz CT molecular complexity index is 1620. The van der Waals surface area contributed by atoms with Crippen molar-refractivity contribution in [1.82, 2.24) is 9.97 Å². The molecule has 2 heterocycles. The molecule has 0 aliphatic carbocycles. The van der Waals surface area contributed by atoms with Gasteiger partial charge in [-0.15, -0.1) is 29.3 Å². The minimum absolute atomic E-state index is 0.0502. The number of hydrogen-bond acceptors (Lipinski definition) is 13. The monoisotopic (exact) mass is 886 g/mol. The number of aromatic nitrogens is 2. The molecule has 0 aliphatic rings. The Morgan fingerprint density at radius 2 is 1.35 bits per heavy atom. The van der Waals surface area contributed by atoms with Gasteiger partial charge in [0.25, 0.3) is 0 Å². The zero-order chi connectivity index (χ0) is 44.3. The van der Waals surface area contributed by atoms with Gasteiger partial charge < -0.3 is 20.0 Å². The normalized spacial score (nSPS) is 11.2. The van der Waals surface area contributed by atoms with Gasteiger partial charge in [-0.1, -0.05) is 159 Å². The fourth-order valence-electron chi connectivity index (χ4n) is 5.73. The first-order chi connectivity index (χ1) is 28.9. The van der Waals surface area contributed by atoms with Crippen LogP contribution in [-0.2, 0) is 28.7 Å². The predicted octanol–water partition coefficient (Wildman–Crippen LogP) is 13.8. The van der Waals surface area contributed by atoms with Crippen LogP contribution in [0.5, 0.6) is 0 Å². The Hall–Kier alpha value is -3.55. The van der Waals surface area contributed by atoms with Crippen molar-refractivity contribution in [3.63, 3.8) is 0 Å². The lowest BCUT2D eigenvalue weighted by molar-refractivity contribution is -0.160. The first-order valence-corrected chi connectivity index (χ1v) is 24.6. The summed E-state index contributed by atoms with van der Waals surface area (Å²) in [5.41, 5.74) is 6.07. The number of benzene rings is 1. The van der Waals surface area contributed by atoms with E-state index in [0.717, 1.165) is 28.4 Å². The van der Waals surface area contributed by atoms with Crippen molar-refractivity contribution in [3.8, 4) is 0 Å². The number of nitrogens with two attached hydrogens (primary N) is 1. The third kappa shape index (κ3) is 28.8. The standard InChI is InChI=1S/C18H18N4O4S3.C15H28O2.C14H28/c1-18(2,3)26-13(23)8-25-22-14(11-9-27-16(19)20-11)15(24)29-17-21-10-6-4-5-7-12(10)28-17;1-3-5-6-7-8-9-10-11-12-13-14-17-15(16)4-2;1-3-5-7-9-11-13-14-12-10-8-6-4-2/h4-7,9H,8H2,1-3H3,(H2,19,20);4H,2-3,5-14H2,1H3;3H,1,4-14H2,2H3/b22-14-;;. The van der Waals surface area contributed by atoms with Crippen LogP contribution in [-0.4, -0.2) is 51.5 Å². The van der Waals surface area contributed by atoms with Crippen molar-refractivity contribution < 1.29 is 28.7 Å². The molecule has 3 aromatic rings. The Labute approximate surface area is 373 Å². The molecule has 0 unspecified atom stereocenters. The Morgan fingerprint density at radius 3 is 1.85 bits per heavy atom. The minimum atomic E-state index is -0.644. The number of thioether (sulfide) groups is 1. The number of esters is 2. The molecule has 0 amide bonds. The number of ether oxygens (including phenoxy) is 2. The summed E-state index contributed by atoms with van der Waals surface area (Å²) in [5, 5.41) is 5.31. The fraction of sp³-hybridized carbons (Fsp3) is 0.617. The third-order valence-corrected chi connectivity index (χ3v) is 11.5. The van der Waals surface area contributed by atoms with Gasteiger partial charge in [-0.3, -0.25) is 4.79 Å². The number of unbranched alkanes of at least 4 members (excludes halogenated alkanes) is 19. The second-order valence-corrected chi connectivity index (χ2v) is 18.7. The minimum Gasteiger partial charge on any atom is -0.463 e. The number of nitrogens with zero attached hydrogens (tertiary/aromatic N) is 3. The largest absolute Gasteiger partial charge is 0.463 e. The molecule has 3 rings (SSSR count). The van der Waals surface area contributed by atoms with Crippen LogP contribution in [0.3, 0.4) is 0 Å². The quantitative estimate of drug-likeness (QED) is 0.0136. The van der Waals surface area contributed by atoms with Gasteiger partial charge in [0.2, 0.25) is 11.7 Å². The number of fused-ring (bicyclic) bond motifs is 1. The van der Waals surface area contributed by atoms with E-state index in [1.54, 1.807) is 26.2 Å². The average molecular weight is 887 g/mol. The summed E-state index contributed by atoms with van der Waals surface area (Å²) in [7, 11) is 0. The van der Waals surface area contributed by atoms with Crippen molar-refractivity contribution in [2.45, 2.75) is 179 Å². The van der Waals surface area contributed by atoms with Crippen LogP contribution in [0.4, 0.5) is 5.13 Å². The van der Waals surface area contributed by atoms with Gasteiger partial charge in [0, 0.05) is 11.5 Å². The molecule has 0 saturated heterocycles. The maximum absolute atomic E-state index is 12.8. The number of allylic oxidation sites excluding steroid dienone is 1. The maximum Gasteiger partial charge on any atom is 0.347 e. The number of carbonyl (C=O) groups excluding carboxylic acids is 3. The van der Waals surface area contributed by atoms with Gasteiger partial charge in [-0.2, -0.15) is 0 Å². The molecule has 336 valence electrons. The van der Waals surface area contributed by atoms with Gasteiger partial charge in [-0.25, -0.2) is 19.6 Å². The smallest absolute Gasteiger partial charge is 0.347 e. The second-order valence-electron chi connectivity index (χ2n) is 15.5. The van der Waals surface area contributed by atoms with Crippen molar-refractivity contribution in [3.05, 3.63) is 60.6 Å². The second kappa shape index (κ2) is 35.1. The van der Waals surface area contributed by atoms with Crippen LogP contribution in [0.2, 0.25) is 0 Å². The van der Waals surface area contributed by atoms with Gasteiger partial charge >= 0.3 is 11.9 Å². The first kappa shape index (κ1) is 54.5. The molecule has 0 spiro atoms. The predicted molar refractivity (Wildman–Crippen MR) is 255 cm³/mol. The summed E-state index contributed by atoms with van der Waals surface area (Å²) in [5.74, 6) is -0.898. The average Bonchev–Trinajstić information content (AvgIpc) is 3.84. The highest BCUT2D eigenvalue weighted by atomic mass is 32.2. The molecule has 0 radical (unpaired) electrons. The van der Waals surface area contributed by atoms with Gasteiger partial charge in [0.05, 0.1) is 16.8 Å². The molecular weight excluding hydrogens is 813 g/mol. The van der Waals surface area contributed by atoms with Crippen LogP contribution in [0.25, 0.3) is 10.2 Å². The molecule has 0 fully saturated rings. The summed E-state index contributed by atoms with van der Waals surface area (Å²) in [6.07, 6.45) is 31.7. The molecule has 13 heteroatoms. The zero-order valence-electron chi connectivity index (χ0n) is 37.3. The van der Waals surface area contributed by atoms with E-state index < -0.39 is 23.3 Å². The van der Waals surface area contributed by atoms with Crippen LogP contribution in [0.1, 0.15) is 175 Å². The van der Waals surface area contributed by atoms with Crippen molar-refractivity contribution in [2.24, 2.45) is 5.16 Å². The molecular formula is C47H74N4O6S3. The van der Waals surface area contributed by atoms with E-state index >= 15 is 0 Å². The van der Waals surface area contributed by atoms with Crippen LogP contribution >= 0.6 is 34.4 Å². The highest BCUT2D eigenvalue weighted by molar-refractivity contribution is 8.16. The SMILES string of the molecule is C=CC(=O)OCCCCCCCCCCCC.C=CCCCCCCCCCCCC.CC(C)(C)OC(=O)CO/N=C(\C(=O)Sc1nc2ccccc2s1)c1csc(N)n1. The lowest BCUT2D eigenvalue weighted by Gasteiger charge is -2.18. The zero-order valence-corrected chi connectivity index (χ0v) is 39.8. The van der Waals surface area contributed by atoms with Crippen molar-refractivity contribution >= 4 is 72.5 Å². The van der Waals surface area contributed by atoms with Crippen LogP contribution in [0, 0.1) is 0 Å². The summed E-state index contributed by atoms with van der Waals surface area (Å²) >= 11 is 3.48. The van der Waals surface area contributed by atoms with Crippen molar-refractivity contribution in [2.75, 3.05) is 18.9 Å². The van der Waals surface area contributed by atoms with Crippen LogP contribution in [0.15, 0.2) is 64.5 Å². The van der Waals surface area contributed by atoms with Crippen molar-refractivity contribution in [1.29, 1.82) is 0 Å². The third-order valence-electron chi connectivity index (χ3n) is 8.84. The number of nitrogen functional groups attached to an aromatic ring is 1. The number of hydrogen-bond donors (Lipinski definition) is 1. The van der Waals surface area contributed by atoms with Gasteiger partial charge in [0.15, 0.2) is 15.2 Å². The molecule has 2 N–H and O–H groups in total. The number of carbonyl (C=O) groups is 3. The summed E-state index contributed by atoms with van der Waals surface area (Å²) < 4.78 is 11.6. The number of thiazole rings is 2. The highest BCUT2D eigenvalue weighted by Crippen LogP contribution is 2.31. The van der Waals surface area contributed by atoms with E-state index in [2.05, 4.69) is 42.1 Å². The molecule has 0 saturated carbocycles. The van der Waals surface area contributed by atoms with E-state index in [9.17, 15) is 14.4 Å². The fourth-order valence-corrected chi connectivity index (χ4v) is 8.17. The molecule has 2 aromatic heterocycles. The topological polar surface area (TPSA) is 143 Å². The van der Waals surface area contributed by atoms with E-state index in [-0.39, 0.29) is 22.5 Å². The number of para-hydroxylation sites is 1. The van der Waals surface area contributed by atoms with Gasteiger partial charge in [0.1, 0.15) is 11.3 Å². The van der Waals surface area contributed by atoms with Gasteiger partial charge in [-0.05, 0) is 63.9 Å². The molecule has 1 aromatic carbocycles. The number of rotatable bonds is 29. The molecule has 0 atom stereocenters. The highest BCUT2D eigenvalue weighted by Gasteiger charge is 2.22. The first-order valence-electron chi connectivity index (χ1n) is 22.0.